The second-order valence-electron chi connectivity index (χ2n) is 3.25. The highest BCUT2D eigenvalue weighted by atomic mass is 16.2. The van der Waals surface area contributed by atoms with Crippen LogP contribution in [0.15, 0.2) is 0 Å². The van der Waals surface area contributed by atoms with Crippen molar-refractivity contribution in [3.05, 3.63) is 5.82 Å². The fraction of sp³-hybridized carbons (Fsp3) is 0.571. The van der Waals surface area contributed by atoms with Crippen LogP contribution in [0.5, 0.6) is 0 Å². The summed E-state index contributed by atoms with van der Waals surface area (Å²) in [6.07, 6.45) is 0. The predicted octanol–water partition coefficient (Wildman–Crippen LogP) is -0.634. The molecule has 7 heteroatoms. The van der Waals surface area contributed by atoms with Crippen molar-refractivity contribution < 1.29 is 4.79 Å². The van der Waals surface area contributed by atoms with Crippen LogP contribution in [0, 0.1) is 16.7 Å². The fourth-order valence-electron chi connectivity index (χ4n) is 0.688. The first-order chi connectivity index (χ1) is 6.56. The molecule has 1 rings (SSSR count). The molecular weight excluding hydrogens is 184 g/mol. The van der Waals surface area contributed by atoms with Gasteiger partial charge in [-0.3, -0.25) is 4.79 Å². The number of hydrogen-bond acceptors (Lipinski definition) is 5. The van der Waals surface area contributed by atoms with Crippen LogP contribution in [-0.2, 0) is 11.3 Å². The first-order valence-electron chi connectivity index (χ1n) is 3.98. The summed E-state index contributed by atoms with van der Waals surface area (Å²) < 4.78 is 0. The molecule has 0 saturated carbocycles. The first kappa shape index (κ1) is 10.1. The van der Waals surface area contributed by atoms with E-state index in [1.54, 1.807) is 13.8 Å². The fourth-order valence-corrected chi connectivity index (χ4v) is 0.688. The maximum atomic E-state index is 11.4. The van der Waals surface area contributed by atoms with Gasteiger partial charge in [-0.2, -0.15) is 10.5 Å². The number of tetrazole rings is 1. The van der Waals surface area contributed by atoms with E-state index < -0.39 is 5.41 Å². The zero-order valence-corrected chi connectivity index (χ0v) is 7.90. The molecule has 0 fully saturated rings. The molecule has 0 radical (unpaired) electrons. The van der Waals surface area contributed by atoms with Gasteiger partial charge in [-0.25, -0.2) is 0 Å². The Bertz CT molecular complexity index is 349. The van der Waals surface area contributed by atoms with Gasteiger partial charge in [0.25, 0.3) is 0 Å². The topological polar surface area (TPSA) is 107 Å². The molecule has 0 spiro atoms. The molecule has 0 aliphatic rings. The number of nitrogens with zero attached hydrogens (tertiary/aromatic N) is 4. The van der Waals surface area contributed by atoms with E-state index in [-0.39, 0.29) is 12.5 Å². The quantitative estimate of drug-likeness (QED) is 0.665. The molecule has 1 heterocycles. The monoisotopic (exact) mass is 194 g/mol. The van der Waals surface area contributed by atoms with Crippen LogP contribution in [-0.4, -0.2) is 26.5 Å². The standard InChI is InChI=1S/C7H10N6O/c1-7(2,4-8)6(14)9-3-5-10-12-13-11-5/h3H2,1-2H3,(H,9,14)(H,10,11,12,13). The lowest BCUT2D eigenvalue weighted by molar-refractivity contribution is -0.127. The van der Waals surface area contributed by atoms with Gasteiger partial charge in [-0.1, -0.05) is 5.21 Å². The molecule has 0 aromatic carbocycles. The van der Waals surface area contributed by atoms with Gasteiger partial charge in [0.2, 0.25) is 5.91 Å². The number of aromatic nitrogens is 4. The Kier molecular flexibility index (Phi) is 2.76. The first-order valence-corrected chi connectivity index (χ1v) is 3.98. The van der Waals surface area contributed by atoms with Gasteiger partial charge in [0, 0.05) is 0 Å². The third kappa shape index (κ3) is 2.26. The van der Waals surface area contributed by atoms with Crippen LogP contribution in [0.4, 0.5) is 0 Å². The SMILES string of the molecule is CC(C)(C#N)C(=O)NCc1nn[nH]n1. The second kappa shape index (κ2) is 3.83. The van der Waals surface area contributed by atoms with Gasteiger partial charge in [-0.15, -0.1) is 10.2 Å². The van der Waals surface area contributed by atoms with Crippen LogP contribution in [0.25, 0.3) is 0 Å². The summed E-state index contributed by atoms with van der Waals surface area (Å²) >= 11 is 0. The van der Waals surface area contributed by atoms with E-state index in [0.29, 0.717) is 5.82 Å². The lowest BCUT2D eigenvalue weighted by Crippen LogP contribution is -2.35. The van der Waals surface area contributed by atoms with E-state index in [9.17, 15) is 4.79 Å². The summed E-state index contributed by atoms with van der Waals surface area (Å²) in [5.41, 5.74) is -1.04. The zero-order chi connectivity index (χ0) is 10.6. The summed E-state index contributed by atoms with van der Waals surface area (Å²) in [6.45, 7) is 3.25. The highest BCUT2D eigenvalue weighted by molar-refractivity contribution is 5.84. The van der Waals surface area contributed by atoms with E-state index in [2.05, 4.69) is 25.9 Å². The Morgan fingerprint density at radius 3 is 2.93 bits per heavy atom. The molecule has 1 aromatic rings. The van der Waals surface area contributed by atoms with E-state index >= 15 is 0 Å². The van der Waals surface area contributed by atoms with Gasteiger partial charge >= 0.3 is 0 Å². The minimum absolute atomic E-state index is 0.167. The molecule has 0 aliphatic carbocycles. The van der Waals surface area contributed by atoms with Crippen LogP contribution in [0.3, 0.4) is 0 Å². The molecule has 14 heavy (non-hydrogen) atoms. The van der Waals surface area contributed by atoms with E-state index in [4.69, 9.17) is 5.26 Å². The minimum Gasteiger partial charge on any atom is -0.347 e. The number of rotatable bonds is 3. The van der Waals surface area contributed by atoms with Crippen molar-refractivity contribution in [2.45, 2.75) is 20.4 Å². The molecule has 2 N–H and O–H groups in total. The highest BCUT2D eigenvalue weighted by Crippen LogP contribution is 2.12. The highest BCUT2D eigenvalue weighted by Gasteiger charge is 2.26. The second-order valence-corrected chi connectivity index (χ2v) is 3.25. The van der Waals surface area contributed by atoms with E-state index in [1.165, 1.54) is 0 Å². The zero-order valence-electron chi connectivity index (χ0n) is 7.90. The van der Waals surface area contributed by atoms with Gasteiger partial charge in [0.1, 0.15) is 5.41 Å². The van der Waals surface area contributed by atoms with Gasteiger partial charge in [-0.05, 0) is 13.8 Å². The van der Waals surface area contributed by atoms with Crippen molar-refractivity contribution in [2.24, 2.45) is 5.41 Å². The molecule has 1 amide bonds. The molecule has 1 aromatic heterocycles. The maximum Gasteiger partial charge on any atom is 0.240 e. The average molecular weight is 194 g/mol. The Morgan fingerprint density at radius 1 is 1.71 bits per heavy atom. The third-order valence-corrected chi connectivity index (χ3v) is 1.64. The summed E-state index contributed by atoms with van der Waals surface area (Å²) in [5, 5.41) is 24.1. The van der Waals surface area contributed by atoms with Crippen molar-refractivity contribution in [1.29, 1.82) is 5.26 Å². The van der Waals surface area contributed by atoms with Crippen LogP contribution >= 0.6 is 0 Å². The number of nitrogens with one attached hydrogen (secondary N) is 2. The summed E-state index contributed by atoms with van der Waals surface area (Å²) in [4.78, 5) is 11.4. The molecule has 0 bridgehead atoms. The lowest BCUT2D eigenvalue weighted by Gasteiger charge is -2.13. The van der Waals surface area contributed by atoms with Gasteiger partial charge < -0.3 is 5.32 Å². The molecule has 0 atom stereocenters. The summed E-state index contributed by atoms with van der Waals surface area (Å²) in [6, 6.07) is 1.89. The Morgan fingerprint density at radius 2 is 2.43 bits per heavy atom. The number of nitriles is 1. The average Bonchev–Trinajstić information content (AvgIpc) is 2.66. The Labute approximate surface area is 80.5 Å². The van der Waals surface area contributed by atoms with Crippen LogP contribution < -0.4 is 5.32 Å². The largest absolute Gasteiger partial charge is 0.347 e. The third-order valence-electron chi connectivity index (χ3n) is 1.64. The molecule has 0 saturated heterocycles. The van der Waals surface area contributed by atoms with E-state index in [0.717, 1.165) is 0 Å². The van der Waals surface area contributed by atoms with Crippen molar-refractivity contribution >= 4 is 5.91 Å². The molecular formula is C7H10N6O. The molecule has 0 unspecified atom stereocenters. The normalized spacial score (nSPS) is 10.6. The molecule has 7 nitrogen and oxygen atoms in total. The van der Waals surface area contributed by atoms with Crippen molar-refractivity contribution in [3.8, 4) is 6.07 Å². The smallest absolute Gasteiger partial charge is 0.240 e. The minimum atomic E-state index is -1.04. The maximum absolute atomic E-state index is 11.4. The van der Waals surface area contributed by atoms with Crippen molar-refractivity contribution in [3.63, 3.8) is 0 Å². The number of amides is 1. The Hall–Kier alpha value is -1.97. The number of aromatic amines is 1. The summed E-state index contributed by atoms with van der Waals surface area (Å²) in [7, 11) is 0. The van der Waals surface area contributed by atoms with Crippen LogP contribution in [0.1, 0.15) is 19.7 Å². The number of carbonyl (C=O) groups excluding carboxylic acids is 1. The van der Waals surface area contributed by atoms with Gasteiger partial charge in [0.05, 0.1) is 12.6 Å². The van der Waals surface area contributed by atoms with E-state index in [1.807, 2.05) is 6.07 Å². The van der Waals surface area contributed by atoms with Crippen molar-refractivity contribution in [2.75, 3.05) is 0 Å². The lowest BCUT2D eigenvalue weighted by atomic mass is 9.95. The van der Waals surface area contributed by atoms with Crippen molar-refractivity contribution in [1.82, 2.24) is 25.9 Å². The van der Waals surface area contributed by atoms with Gasteiger partial charge in [0.15, 0.2) is 5.82 Å². The Balaban J connectivity index is 2.48. The predicted molar refractivity (Wildman–Crippen MR) is 45.4 cm³/mol. The molecule has 74 valence electrons. The summed E-state index contributed by atoms with van der Waals surface area (Å²) in [5.74, 6) is 0.0249. The number of H-pyrrole nitrogens is 1. The molecule has 0 aliphatic heterocycles. The number of hydrogen-bond donors (Lipinski definition) is 2. The van der Waals surface area contributed by atoms with Crippen LogP contribution in [0.2, 0.25) is 0 Å². The number of carbonyl (C=O) groups is 1.